The molecule has 3 heterocycles. The van der Waals surface area contributed by atoms with Crippen LogP contribution in [0.15, 0.2) is 0 Å². The van der Waals surface area contributed by atoms with Crippen LogP contribution in [0.5, 0.6) is 0 Å². The molecule has 0 aromatic heterocycles. The summed E-state index contributed by atoms with van der Waals surface area (Å²) in [6.45, 7) is 2.64. The fourth-order valence-electron chi connectivity index (χ4n) is 3.78. The van der Waals surface area contributed by atoms with Crippen molar-refractivity contribution < 1.29 is 9.47 Å². The predicted molar refractivity (Wildman–Crippen MR) is 74.9 cm³/mol. The molecule has 3 unspecified atom stereocenters. The molecule has 0 amide bonds. The molecule has 1 spiro atoms. The summed E-state index contributed by atoms with van der Waals surface area (Å²) in [6.07, 6.45) is 6.82. The second-order valence-corrected chi connectivity index (χ2v) is 7.33. The van der Waals surface area contributed by atoms with Gasteiger partial charge in [0.25, 0.3) is 0 Å². The lowest BCUT2D eigenvalue weighted by molar-refractivity contribution is -0.0940. The lowest BCUT2D eigenvalue weighted by atomic mass is 9.70. The van der Waals surface area contributed by atoms with Gasteiger partial charge in [-0.1, -0.05) is 0 Å². The second-order valence-electron chi connectivity index (χ2n) is 6.22. The maximum Gasteiger partial charge on any atom is 0.0783 e. The lowest BCUT2D eigenvalue weighted by Gasteiger charge is -2.45. The average Bonchev–Trinajstić information content (AvgIpc) is 2.69. The van der Waals surface area contributed by atoms with E-state index in [1.54, 1.807) is 0 Å². The first-order valence-electron chi connectivity index (χ1n) is 7.31. The molecule has 3 rings (SSSR count). The average molecular weight is 271 g/mol. The van der Waals surface area contributed by atoms with Gasteiger partial charge in [-0.25, -0.2) is 0 Å². The summed E-state index contributed by atoms with van der Waals surface area (Å²) in [7, 11) is 0. The Kier molecular flexibility index (Phi) is 3.90. The molecule has 3 atom stereocenters. The van der Waals surface area contributed by atoms with E-state index in [2.05, 4.69) is 0 Å². The van der Waals surface area contributed by atoms with E-state index in [9.17, 15) is 0 Å². The molecule has 3 nitrogen and oxygen atoms in total. The Morgan fingerprint density at radius 1 is 1.11 bits per heavy atom. The van der Waals surface area contributed by atoms with Gasteiger partial charge in [-0.3, -0.25) is 0 Å². The van der Waals surface area contributed by atoms with Crippen molar-refractivity contribution in [3.05, 3.63) is 0 Å². The smallest absolute Gasteiger partial charge is 0.0783 e. The molecule has 3 aliphatic heterocycles. The Hall–Kier alpha value is 0.230. The summed E-state index contributed by atoms with van der Waals surface area (Å²) in [5, 5.41) is 0. The van der Waals surface area contributed by atoms with E-state index in [-0.39, 0.29) is 11.1 Å². The van der Waals surface area contributed by atoms with Crippen LogP contribution >= 0.6 is 11.8 Å². The van der Waals surface area contributed by atoms with Crippen molar-refractivity contribution in [3.63, 3.8) is 0 Å². The number of hydrogen-bond donors (Lipinski definition) is 1. The largest absolute Gasteiger partial charge is 0.381 e. The van der Waals surface area contributed by atoms with Gasteiger partial charge in [0.15, 0.2) is 0 Å². The molecule has 18 heavy (non-hydrogen) atoms. The number of nitrogens with two attached hydrogens (primary N) is 1. The first-order chi connectivity index (χ1) is 8.73. The molecule has 2 N–H and O–H groups in total. The number of rotatable bonds is 1. The van der Waals surface area contributed by atoms with E-state index in [1.165, 1.54) is 24.3 Å². The van der Waals surface area contributed by atoms with Crippen LogP contribution in [-0.4, -0.2) is 42.5 Å². The molecular formula is C14H25NO2S. The van der Waals surface area contributed by atoms with E-state index in [1.807, 2.05) is 11.8 Å². The van der Waals surface area contributed by atoms with Crippen LogP contribution in [0.25, 0.3) is 0 Å². The van der Waals surface area contributed by atoms with E-state index in [0.717, 1.165) is 45.5 Å². The Morgan fingerprint density at radius 3 is 2.89 bits per heavy atom. The molecule has 3 fully saturated rings. The molecule has 3 aliphatic rings. The fourth-order valence-corrected chi connectivity index (χ4v) is 5.16. The Labute approximate surface area is 114 Å². The van der Waals surface area contributed by atoms with E-state index in [4.69, 9.17) is 15.2 Å². The summed E-state index contributed by atoms with van der Waals surface area (Å²) in [5.74, 6) is 3.07. The monoisotopic (exact) mass is 271 g/mol. The molecule has 4 heteroatoms. The Morgan fingerprint density at radius 2 is 2.06 bits per heavy atom. The van der Waals surface area contributed by atoms with Crippen LogP contribution in [-0.2, 0) is 9.47 Å². The van der Waals surface area contributed by atoms with Gasteiger partial charge in [-0.15, -0.1) is 0 Å². The molecule has 0 bridgehead atoms. The van der Waals surface area contributed by atoms with E-state index >= 15 is 0 Å². The summed E-state index contributed by atoms with van der Waals surface area (Å²) < 4.78 is 11.7. The predicted octanol–water partition coefficient (Wildman–Crippen LogP) is 2.19. The number of ether oxygens (including phenoxy) is 2. The summed E-state index contributed by atoms with van der Waals surface area (Å²) in [4.78, 5) is 0. The van der Waals surface area contributed by atoms with Crippen molar-refractivity contribution in [3.8, 4) is 0 Å². The summed E-state index contributed by atoms with van der Waals surface area (Å²) in [5.41, 5.74) is 6.90. The quantitative estimate of drug-likeness (QED) is 0.794. The van der Waals surface area contributed by atoms with Crippen LogP contribution in [0.3, 0.4) is 0 Å². The highest BCUT2D eigenvalue weighted by atomic mass is 32.2. The van der Waals surface area contributed by atoms with Crippen molar-refractivity contribution >= 4 is 11.8 Å². The van der Waals surface area contributed by atoms with Gasteiger partial charge >= 0.3 is 0 Å². The molecule has 3 saturated heterocycles. The van der Waals surface area contributed by atoms with Gasteiger partial charge in [-0.05, 0) is 50.2 Å². The van der Waals surface area contributed by atoms with Crippen LogP contribution in [0, 0.1) is 5.92 Å². The molecule has 104 valence electrons. The van der Waals surface area contributed by atoms with Gasteiger partial charge in [0.05, 0.1) is 5.60 Å². The number of thioether (sulfide) groups is 1. The van der Waals surface area contributed by atoms with Gasteiger partial charge < -0.3 is 15.2 Å². The van der Waals surface area contributed by atoms with Gasteiger partial charge in [0.1, 0.15) is 0 Å². The maximum absolute atomic E-state index is 6.74. The molecule has 0 aromatic carbocycles. The summed E-state index contributed by atoms with van der Waals surface area (Å²) in [6, 6.07) is 0. The van der Waals surface area contributed by atoms with Crippen LogP contribution in [0.4, 0.5) is 0 Å². The van der Waals surface area contributed by atoms with Crippen molar-refractivity contribution in [1.82, 2.24) is 0 Å². The summed E-state index contributed by atoms with van der Waals surface area (Å²) >= 11 is 2.04. The third kappa shape index (κ3) is 2.58. The Balaban J connectivity index is 1.70. The standard InChI is InChI=1S/C14H25NO2S/c15-14(3-1-6-16-8-4-14)12-2-7-17-13(10-12)5-9-18-11-13/h12H,1-11,15H2. The zero-order chi connectivity index (χ0) is 12.5. The van der Waals surface area contributed by atoms with E-state index < -0.39 is 0 Å². The van der Waals surface area contributed by atoms with Gasteiger partial charge in [0.2, 0.25) is 0 Å². The maximum atomic E-state index is 6.74. The number of hydrogen-bond acceptors (Lipinski definition) is 4. The fraction of sp³-hybridized carbons (Fsp3) is 1.00. The van der Waals surface area contributed by atoms with Crippen molar-refractivity contribution in [2.75, 3.05) is 31.3 Å². The van der Waals surface area contributed by atoms with Crippen LogP contribution in [0.2, 0.25) is 0 Å². The highest BCUT2D eigenvalue weighted by Crippen LogP contribution is 2.44. The minimum Gasteiger partial charge on any atom is -0.381 e. The van der Waals surface area contributed by atoms with Crippen molar-refractivity contribution in [1.29, 1.82) is 0 Å². The third-order valence-electron chi connectivity index (χ3n) is 5.02. The zero-order valence-electron chi connectivity index (χ0n) is 11.2. The normalized spacial score (nSPS) is 46.2. The minimum atomic E-state index is 0.000532. The SMILES string of the molecule is NC1(C2CCOC3(CCSC3)C2)CCCOCC1. The molecule has 0 aliphatic carbocycles. The zero-order valence-corrected chi connectivity index (χ0v) is 12.0. The lowest BCUT2D eigenvalue weighted by Crippen LogP contribution is -2.53. The van der Waals surface area contributed by atoms with E-state index in [0.29, 0.717) is 5.92 Å². The topological polar surface area (TPSA) is 44.5 Å². The minimum absolute atomic E-state index is 0.000532. The Bertz CT molecular complexity index is 284. The first kappa shape index (κ1) is 13.2. The third-order valence-corrected chi connectivity index (χ3v) is 6.24. The molecule has 0 radical (unpaired) electrons. The van der Waals surface area contributed by atoms with Crippen molar-refractivity contribution in [2.24, 2.45) is 11.7 Å². The highest BCUT2D eigenvalue weighted by Gasteiger charge is 2.46. The van der Waals surface area contributed by atoms with Crippen LogP contribution in [0.1, 0.15) is 38.5 Å². The molecular weight excluding hydrogens is 246 g/mol. The second kappa shape index (κ2) is 5.31. The van der Waals surface area contributed by atoms with Crippen LogP contribution < -0.4 is 5.73 Å². The van der Waals surface area contributed by atoms with Gasteiger partial charge in [0, 0.05) is 31.1 Å². The molecule has 0 aromatic rings. The highest BCUT2D eigenvalue weighted by molar-refractivity contribution is 7.99. The van der Waals surface area contributed by atoms with Gasteiger partial charge in [-0.2, -0.15) is 11.8 Å². The van der Waals surface area contributed by atoms with Crippen molar-refractivity contribution in [2.45, 2.75) is 49.7 Å². The molecule has 0 saturated carbocycles. The first-order valence-corrected chi connectivity index (χ1v) is 8.46.